The lowest BCUT2D eigenvalue weighted by atomic mass is 9.80. The molecule has 0 aliphatic carbocycles. The fraction of sp³-hybridized carbons (Fsp3) is 0.873. The molecule has 0 unspecified atom stereocenters. The molecular weight excluding hydrogens is 905 g/mol. The maximum Gasteiger partial charge on any atom is 0.545 e. The molecule has 5 aliphatic rings. The van der Waals surface area contributed by atoms with Gasteiger partial charge in [-0.05, 0) is 85.5 Å². The number of amides is 1. The van der Waals surface area contributed by atoms with Crippen LogP contribution in [0.2, 0.25) is 0 Å². The number of guanidine groups is 1. The van der Waals surface area contributed by atoms with Gasteiger partial charge in [-0.3, -0.25) is 19.2 Å². The van der Waals surface area contributed by atoms with Crippen LogP contribution in [0.1, 0.15) is 216 Å². The van der Waals surface area contributed by atoms with Crippen LogP contribution in [0.3, 0.4) is 0 Å². The number of hydrogen-bond donors (Lipinski definition) is 5. The number of nitrogens with zero attached hydrogens (tertiary/aromatic N) is 3. The van der Waals surface area contributed by atoms with E-state index in [-0.39, 0.29) is 61.8 Å². The summed E-state index contributed by atoms with van der Waals surface area (Å²) in [4.78, 5) is 35.9. The number of esters is 1. The third-order valence-electron chi connectivity index (χ3n) is 14.5. The zero-order chi connectivity index (χ0) is 51.5. The second kappa shape index (κ2) is 28.2. The normalized spacial score (nSPS) is 27.2. The molecule has 5 aliphatic heterocycles. The Kier molecular flexibility index (Phi) is 23.1. The predicted molar refractivity (Wildman–Crippen MR) is 275 cm³/mol. The van der Waals surface area contributed by atoms with Crippen LogP contribution < -0.4 is 20.7 Å². The van der Waals surface area contributed by atoms with Crippen LogP contribution in [-0.2, 0) is 33.3 Å². The summed E-state index contributed by atoms with van der Waals surface area (Å²) < 4.78 is 32.8. The monoisotopic (exact) mass is 1000 g/mol. The summed E-state index contributed by atoms with van der Waals surface area (Å²) in [5.74, 6) is 0.461. The second-order valence-electron chi connectivity index (χ2n) is 23.2. The van der Waals surface area contributed by atoms with Crippen LogP contribution in [0, 0.1) is 5.92 Å². The predicted octanol–water partition coefficient (Wildman–Crippen LogP) is 6.54. The van der Waals surface area contributed by atoms with Gasteiger partial charge in [-0.1, -0.05) is 110 Å². The quantitative estimate of drug-likeness (QED) is 0.0149. The zero-order valence-corrected chi connectivity index (χ0v) is 45.3. The molecule has 1 amide bonds. The number of hydrogen-bond acceptors (Lipinski definition) is 12. The van der Waals surface area contributed by atoms with E-state index in [2.05, 4.69) is 51.2 Å². The molecule has 0 bridgehead atoms. The van der Waals surface area contributed by atoms with E-state index < -0.39 is 34.8 Å². The van der Waals surface area contributed by atoms with Crippen molar-refractivity contribution in [3.63, 3.8) is 0 Å². The first kappa shape index (κ1) is 58.3. The molecule has 0 aromatic carbocycles. The Morgan fingerprint density at radius 3 is 2.23 bits per heavy atom. The van der Waals surface area contributed by atoms with Gasteiger partial charge < -0.3 is 43.9 Å². The lowest BCUT2D eigenvalue weighted by Gasteiger charge is -2.50. The van der Waals surface area contributed by atoms with Gasteiger partial charge in [-0.15, -0.1) is 0 Å². The molecule has 16 nitrogen and oxygen atoms in total. The van der Waals surface area contributed by atoms with Crippen LogP contribution in [0.15, 0.2) is 17.1 Å². The summed E-state index contributed by atoms with van der Waals surface area (Å²) in [6, 6.07) is 0.351. The van der Waals surface area contributed by atoms with E-state index in [0.717, 1.165) is 109 Å². The highest BCUT2D eigenvalue weighted by Crippen LogP contribution is 2.46. The smallest absolute Gasteiger partial charge is 0.545 e. The number of ether oxygens (including phenoxy) is 5. The Morgan fingerprint density at radius 2 is 1.58 bits per heavy atom. The van der Waals surface area contributed by atoms with Crippen molar-refractivity contribution in [3.05, 3.63) is 12.2 Å². The third kappa shape index (κ3) is 19.3. The Bertz CT molecular complexity index is 1780. The minimum absolute atomic E-state index is 0.0170. The highest BCUT2D eigenvalue weighted by Gasteiger charge is 2.64. The standard InChI is InChI=1S/C55H96N6O10/c1-9-44-28-22-23-33-54(69-44)39-42-30-31-45-47(55(34-25-27-41(2)68-55)59-49(58-54)61(42)45)48(64)67-38-24-20-18-16-14-12-10-11-13-15-17-19-21-29-46(63)60(37-26-35-56-50(65)70-52(3,4)5)40-43(62)32-36-57-51(66)71-53(6,7)8/h22,28,41-45,47,62H,9-21,23-27,29-40H2,1-8H3,(H3,56,57,58,59,65,66)/p+1/t41-,42+,43-,44+,45+,47+,54+,55+/m1/s1. The number of nitrogens with one attached hydrogen (secondary N) is 3. The third-order valence-corrected chi connectivity index (χ3v) is 14.5. The van der Waals surface area contributed by atoms with Crippen molar-refractivity contribution in [1.82, 2.24) is 15.5 Å². The number of carbonyl (C=O) groups excluding carboxylic acids is 2. The summed E-state index contributed by atoms with van der Waals surface area (Å²) in [5.41, 5.74) is -2.39. The Hall–Kier alpha value is -3.63. The zero-order valence-electron chi connectivity index (χ0n) is 45.3. The highest BCUT2D eigenvalue weighted by molar-refractivity contribution is 5.82. The lowest BCUT2D eigenvalue weighted by molar-refractivity contribution is -0.609. The molecule has 71 heavy (non-hydrogen) atoms. The van der Waals surface area contributed by atoms with Crippen LogP contribution in [0.25, 0.3) is 0 Å². The largest absolute Gasteiger partial charge is 0.595 e. The van der Waals surface area contributed by atoms with E-state index in [9.17, 15) is 24.9 Å². The molecule has 2 fully saturated rings. The van der Waals surface area contributed by atoms with Gasteiger partial charge in [-0.25, -0.2) is 10.6 Å². The number of aliphatic imine (C=N–C) groups is 1. The van der Waals surface area contributed by atoms with Crippen molar-refractivity contribution in [3.8, 4) is 0 Å². The summed E-state index contributed by atoms with van der Waals surface area (Å²) >= 11 is 0. The number of aliphatic hydroxyl groups excluding tert-OH is 2. The van der Waals surface area contributed by atoms with Gasteiger partial charge in [0.2, 0.25) is 11.6 Å². The maximum absolute atomic E-state index is 14.2. The molecule has 0 aromatic rings. The Balaban J connectivity index is 0.930. The molecule has 5 heterocycles. The number of rotatable bonds is 27. The molecule has 0 radical (unpaired) electrons. The van der Waals surface area contributed by atoms with Gasteiger partial charge in [0, 0.05) is 57.3 Å². The lowest BCUT2D eigenvalue weighted by Crippen LogP contribution is -2.76. The average Bonchev–Trinajstić information content (AvgIpc) is 3.59. The average molecular weight is 1000 g/mol. The van der Waals surface area contributed by atoms with E-state index >= 15 is 0 Å². The van der Waals surface area contributed by atoms with Gasteiger partial charge in [0.15, 0.2) is 18.2 Å². The highest BCUT2D eigenvalue weighted by atomic mass is 16.6. The van der Waals surface area contributed by atoms with Gasteiger partial charge >= 0.3 is 18.0 Å². The molecule has 8 atom stereocenters. The van der Waals surface area contributed by atoms with Crippen LogP contribution >= 0.6 is 0 Å². The van der Waals surface area contributed by atoms with E-state index in [0.29, 0.717) is 38.5 Å². The number of aliphatic hydroxyl groups is 2. The molecule has 406 valence electrons. The van der Waals surface area contributed by atoms with Gasteiger partial charge in [0.05, 0.1) is 37.0 Å². The van der Waals surface area contributed by atoms with Crippen molar-refractivity contribution in [2.75, 3.05) is 32.8 Å². The first-order valence-electron chi connectivity index (χ1n) is 28.1. The molecule has 5 N–H and O–H groups in total. The van der Waals surface area contributed by atoms with Crippen molar-refractivity contribution >= 4 is 30.0 Å². The fourth-order valence-electron chi connectivity index (χ4n) is 11.2. The van der Waals surface area contributed by atoms with Crippen molar-refractivity contribution in [2.45, 2.75) is 269 Å². The van der Waals surface area contributed by atoms with Crippen molar-refractivity contribution < 1.29 is 58.2 Å². The SMILES string of the molecule is CC[C@H]1C=CCC[C@@]2(C[C@@H]3CC[C@H]4[C@@H](C(=O)OCCCCCCCCCCCCCCCC(=O)N(CCCN=C([O-])OC(C)(C)C)C[C@H](O)CC[NH+]=C(O)OC(C)(C)C)[C@@]5(CCC[C@@H](C)O5)NC(=[N+]34)N2)O1. The summed E-state index contributed by atoms with van der Waals surface area (Å²) in [6.07, 6.45) is 27.1. The summed E-state index contributed by atoms with van der Waals surface area (Å²) in [5, 5.41) is 40.5. The van der Waals surface area contributed by atoms with E-state index in [1.165, 1.54) is 38.5 Å². The Morgan fingerprint density at radius 1 is 0.915 bits per heavy atom. The molecule has 2 spiro atoms. The topological polar surface area (TPSA) is 200 Å². The van der Waals surface area contributed by atoms with E-state index in [1.807, 2.05) is 20.8 Å². The first-order chi connectivity index (χ1) is 33.8. The van der Waals surface area contributed by atoms with Gasteiger partial charge in [0.25, 0.3) is 0 Å². The molecule has 16 heteroatoms. The second-order valence-corrected chi connectivity index (χ2v) is 23.2. The van der Waals surface area contributed by atoms with E-state index in [4.69, 9.17) is 23.7 Å². The number of unbranched alkanes of at least 4 members (excludes halogenated alkanes) is 12. The van der Waals surface area contributed by atoms with Crippen molar-refractivity contribution in [2.24, 2.45) is 10.9 Å². The number of carbonyl (C=O) groups is 2. The van der Waals surface area contributed by atoms with Gasteiger partial charge in [-0.2, -0.15) is 4.99 Å². The molecule has 0 saturated carbocycles. The molecular formula is C55H97N6O10+. The van der Waals surface area contributed by atoms with Crippen LogP contribution in [0.4, 0.5) is 0 Å². The maximum atomic E-state index is 14.2. The summed E-state index contributed by atoms with van der Waals surface area (Å²) in [6.45, 7) is 16.7. The first-order valence-corrected chi connectivity index (χ1v) is 28.1. The minimum atomic E-state index is -0.799. The van der Waals surface area contributed by atoms with Gasteiger partial charge in [0.1, 0.15) is 11.7 Å². The Labute approximate surface area is 427 Å². The van der Waals surface area contributed by atoms with Crippen LogP contribution in [-0.4, -0.2) is 136 Å². The molecule has 5 rings (SSSR count). The van der Waals surface area contributed by atoms with Crippen molar-refractivity contribution in [1.29, 1.82) is 0 Å². The van der Waals surface area contributed by atoms with Crippen LogP contribution in [0.5, 0.6) is 0 Å². The summed E-state index contributed by atoms with van der Waals surface area (Å²) in [7, 11) is 0. The molecule has 2 saturated heterocycles. The van der Waals surface area contributed by atoms with E-state index in [1.54, 1.807) is 25.7 Å². The fourth-order valence-corrected chi connectivity index (χ4v) is 11.2. The number of allylic oxidation sites excluding steroid dienone is 1. The minimum Gasteiger partial charge on any atom is -0.595 e. The molecule has 0 aromatic heterocycles.